The summed E-state index contributed by atoms with van der Waals surface area (Å²) < 4.78 is 40.8. The Hall–Kier alpha value is -2.87. The van der Waals surface area contributed by atoms with Gasteiger partial charge < -0.3 is 9.67 Å². The SMILES string of the molecule is CC(C)(C)c1nc2ccc(-c3cc(C(F)(F)F)ccc3Cl)cc2n(CCC(=O)O)c1=O. The van der Waals surface area contributed by atoms with Gasteiger partial charge in [-0.3, -0.25) is 9.59 Å². The van der Waals surface area contributed by atoms with Crippen LogP contribution in [0, 0.1) is 0 Å². The molecule has 0 amide bonds. The molecule has 0 saturated carbocycles. The molecule has 3 rings (SSSR count). The Morgan fingerprint density at radius 3 is 2.39 bits per heavy atom. The van der Waals surface area contributed by atoms with E-state index in [4.69, 9.17) is 16.7 Å². The van der Waals surface area contributed by atoms with Gasteiger partial charge in [0.15, 0.2) is 0 Å². The third kappa shape index (κ3) is 4.74. The smallest absolute Gasteiger partial charge is 0.416 e. The zero-order valence-electron chi connectivity index (χ0n) is 17.0. The van der Waals surface area contributed by atoms with Crippen LogP contribution in [0.25, 0.3) is 22.2 Å². The summed E-state index contributed by atoms with van der Waals surface area (Å²) in [4.78, 5) is 28.6. The fourth-order valence-electron chi connectivity index (χ4n) is 3.25. The van der Waals surface area contributed by atoms with Crippen molar-refractivity contribution in [1.29, 1.82) is 0 Å². The molecule has 0 bridgehead atoms. The van der Waals surface area contributed by atoms with Gasteiger partial charge in [-0.25, -0.2) is 4.98 Å². The number of fused-ring (bicyclic) bond motifs is 1. The van der Waals surface area contributed by atoms with Crippen LogP contribution in [0.3, 0.4) is 0 Å². The van der Waals surface area contributed by atoms with Crippen molar-refractivity contribution in [3.05, 3.63) is 63.0 Å². The van der Waals surface area contributed by atoms with Gasteiger partial charge in [0.2, 0.25) is 0 Å². The first-order valence-electron chi connectivity index (χ1n) is 9.43. The maximum Gasteiger partial charge on any atom is 0.416 e. The summed E-state index contributed by atoms with van der Waals surface area (Å²) in [5, 5.41) is 9.20. The number of alkyl halides is 3. The molecule has 1 heterocycles. The second-order valence-electron chi connectivity index (χ2n) is 8.21. The number of carboxylic acid groups (broad SMARTS) is 1. The number of carboxylic acids is 1. The van der Waals surface area contributed by atoms with Crippen molar-refractivity contribution < 1.29 is 23.1 Å². The van der Waals surface area contributed by atoms with E-state index in [1.54, 1.807) is 12.1 Å². The number of aryl methyl sites for hydroxylation is 1. The van der Waals surface area contributed by atoms with E-state index in [-0.39, 0.29) is 29.2 Å². The molecule has 1 aromatic heterocycles. The first kappa shape index (κ1) is 22.8. The number of aromatic nitrogens is 2. The lowest BCUT2D eigenvalue weighted by atomic mass is 9.92. The Labute approximate surface area is 181 Å². The van der Waals surface area contributed by atoms with Gasteiger partial charge >= 0.3 is 12.1 Å². The third-order valence-electron chi connectivity index (χ3n) is 4.81. The highest BCUT2D eigenvalue weighted by molar-refractivity contribution is 6.33. The van der Waals surface area contributed by atoms with Gasteiger partial charge in [-0.05, 0) is 35.9 Å². The van der Waals surface area contributed by atoms with Gasteiger partial charge in [0.05, 0.1) is 23.0 Å². The predicted molar refractivity (Wildman–Crippen MR) is 112 cm³/mol. The number of carbonyl (C=O) groups is 1. The summed E-state index contributed by atoms with van der Waals surface area (Å²) >= 11 is 6.16. The molecule has 0 unspecified atom stereocenters. The highest BCUT2D eigenvalue weighted by Gasteiger charge is 2.31. The minimum Gasteiger partial charge on any atom is -0.481 e. The molecular weight excluding hydrogens is 433 g/mol. The number of rotatable bonds is 4. The molecule has 1 N–H and O–H groups in total. The highest BCUT2D eigenvalue weighted by atomic mass is 35.5. The van der Waals surface area contributed by atoms with Crippen LogP contribution in [0.2, 0.25) is 5.02 Å². The van der Waals surface area contributed by atoms with Crippen LogP contribution in [0.5, 0.6) is 0 Å². The van der Waals surface area contributed by atoms with E-state index in [1.807, 2.05) is 20.8 Å². The Balaban J connectivity index is 2.28. The second kappa shape index (κ2) is 8.00. The molecule has 0 aliphatic heterocycles. The Morgan fingerprint density at radius 2 is 1.81 bits per heavy atom. The molecule has 0 aliphatic rings. The zero-order valence-corrected chi connectivity index (χ0v) is 17.8. The second-order valence-corrected chi connectivity index (χ2v) is 8.61. The molecular formula is C22H20ClF3N2O3. The van der Waals surface area contributed by atoms with Crippen LogP contribution >= 0.6 is 11.6 Å². The third-order valence-corrected chi connectivity index (χ3v) is 5.14. The summed E-state index contributed by atoms with van der Waals surface area (Å²) in [6.45, 7) is 5.36. The van der Waals surface area contributed by atoms with Crippen molar-refractivity contribution in [2.45, 2.75) is 45.3 Å². The van der Waals surface area contributed by atoms with E-state index in [1.165, 1.54) is 16.7 Å². The molecule has 9 heteroatoms. The first-order chi connectivity index (χ1) is 14.3. The standard InChI is InChI=1S/C22H20ClF3N2O3/c1-21(2,3)19-20(31)28(9-8-18(29)30)17-10-12(4-7-16(17)27-19)14-11-13(22(24,25)26)5-6-15(14)23/h4-7,10-11H,8-9H2,1-3H3,(H,29,30). The van der Waals surface area contributed by atoms with Crippen molar-refractivity contribution in [2.24, 2.45) is 0 Å². The number of hydrogen-bond acceptors (Lipinski definition) is 3. The number of hydrogen-bond donors (Lipinski definition) is 1. The predicted octanol–water partition coefficient (Wildman–Crippen LogP) is 5.51. The van der Waals surface area contributed by atoms with E-state index in [0.717, 1.165) is 12.1 Å². The topological polar surface area (TPSA) is 72.2 Å². The van der Waals surface area contributed by atoms with E-state index in [0.29, 0.717) is 16.6 Å². The summed E-state index contributed by atoms with van der Waals surface area (Å²) in [6.07, 6.45) is -4.83. The fourth-order valence-corrected chi connectivity index (χ4v) is 3.47. The Bertz CT molecular complexity index is 1230. The normalized spacial score (nSPS) is 12.4. The van der Waals surface area contributed by atoms with Gasteiger partial charge in [0, 0.05) is 22.5 Å². The molecule has 0 aliphatic carbocycles. The highest BCUT2D eigenvalue weighted by Crippen LogP contribution is 2.36. The minimum atomic E-state index is -4.54. The maximum absolute atomic E-state index is 13.2. The maximum atomic E-state index is 13.2. The summed E-state index contributed by atoms with van der Waals surface area (Å²) in [5.41, 5.74) is -0.334. The molecule has 0 atom stereocenters. The number of benzene rings is 2. The van der Waals surface area contributed by atoms with Gasteiger partial charge in [-0.2, -0.15) is 13.2 Å². The molecule has 2 aromatic carbocycles. The van der Waals surface area contributed by atoms with Crippen LogP contribution in [0.4, 0.5) is 13.2 Å². The fraction of sp³-hybridized carbons (Fsp3) is 0.318. The first-order valence-corrected chi connectivity index (χ1v) is 9.81. The summed E-state index contributed by atoms with van der Waals surface area (Å²) in [5.74, 6) is -1.08. The molecule has 0 radical (unpaired) electrons. The Morgan fingerprint density at radius 1 is 1.13 bits per heavy atom. The average molecular weight is 453 g/mol. The van der Waals surface area contributed by atoms with Crippen LogP contribution in [0.1, 0.15) is 38.4 Å². The van der Waals surface area contributed by atoms with Crippen molar-refractivity contribution >= 4 is 28.6 Å². The van der Waals surface area contributed by atoms with E-state index >= 15 is 0 Å². The zero-order chi connectivity index (χ0) is 23.1. The van der Waals surface area contributed by atoms with Crippen LogP contribution in [-0.2, 0) is 22.9 Å². The summed E-state index contributed by atoms with van der Waals surface area (Å²) in [6, 6.07) is 7.69. The number of aliphatic carboxylic acids is 1. The molecule has 0 saturated heterocycles. The molecule has 3 aromatic rings. The van der Waals surface area contributed by atoms with Crippen LogP contribution < -0.4 is 5.56 Å². The molecule has 164 valence electrons. The van der Waals surface area contributed by atoms with Crippen molar-refractivity contribution in [2.75, 3.05) is 0 Å². The van der Waals surface area contributed by atoms with Gasteiger partial charge in [0.25, 0.3) is 5.56 Å². The van der Waals surface area contributed by atoms with Crippen molar-refractivity contribution in [1.82, 2.24) is 9.55 Å². The van der Waals surface area contributed by atoms with Crippen molar-refractivity contribution in [3.63, 3.8) is 0 Å². The lowest BCUT2D eigenvalue weighted by Crippen LogP contribution is -2.33. The quantitative estimate of drug-likeness (QED) is 0.566. The summed E-state index contributed by atoms with van der Waals surface area (Å²) in [7, 11) is 0. The lowest BCUT2D eigenvalue weighted by molar-refractivity contribution is -0.138. The van der Waals surface area contributed by atoms with Crippen molar-refractivity contribution in [3.8, 4) is 11.1 Å². The number of halogens is 4. The molecule has 0 fully saturated rings. The minimum absolute atomic E-state index is 0.101. The lowest BCUT2D eigenvalue weighted by Gasteiger charge is -2.20. The average Bonchev–Trinajstić information content (AvgIpc) is 2.65. The van der Waals surface area contributed by atoms with Gasteiger partial charge in [0.1, 0.15) is 5.69 Å². The van der Waals surface area contributed by atoms with Gasteiger partial charge in [-0.15, -0.1) is 0 Å². The van der Waals surface area contributed by atoms with Gasteiger partial charge in [-0.1, -0.05) is 38.4 Å². The molecule has 31 heavy (non-hydrogen) atoms. The molecule has 0 spiro atoms. The monoisotopic (exact) mass is 452 g/mol. The van der Waals surface area contributed by atoms with E-state index in [2.05, 4.69) is 4.98 Å². The largest absolute Gasteiger partial charge is 0.481 e. The van der Waals surface area contributed by atoms with E-state index < -0.39 is 28.7 Å². The van der Waals surface area contributed by atoms with E-state index in [9.17, 15) is 22.8 Å². The Kier molecular flexibility index (Phi) is 5.88. The number of nitrogens with zero attached hydrogens (tertiary/aromatic N) is 2. The van der Waals surface area contributed by atoms with Crippen LogP contribution in [0.15, 0.2) is 41.2 Å². The molecule has 5 nitrogen and oxygen atoms in total. The van der Waals surface area contributed by atoms with Crippen LogP contribution in [-0.4, -0.2) is 20.6 Å².